The van der Waals surface area contributed by atoms with E-state index in [4.69, 9.17) is 10.8 Å². The largest absolute Gasteiger partial charge is 0.465 e. The molecule has 1 fully saturated rings. The molecule has 4 heteroatoms. The summed E-state index contributed by atoms with van der Waals surface area (Å²) in [6, 6.07) is 9.74. The van der Waals surface area contributed by atoms with Gasteiger partial charge in [0.25, 0.3) is 0 Å². The first-order valence-electron chi connectivity index (χ1n) is 4.97. The number of carbonyl (C=O) groups is 1. The van der Waals surface area contributed by atoms with Crippen molar-refractivity contribution in [2.24, 2.45) is 5.73 Å². The molecule has 2 rings (SSSR count). The van der Waals surface area contributed by atoms with E-state index in [2.05, 4.69) is 0 Å². The van der Waals surface area contributed by atoms with Crippen LogP contribution in [0, 0.1) is 0 Å². The Balaban J connectivity index is 2.15. The summed E-state index contributed by atoms with van der Waals surface area (Å²) >= 11 is 0. The minimum atomic E-state index is -0.885. The van der Waals surface area contributed by atoms with E-state index in [1.165, 1.54) is 4.90 Å². The minimum absolute atomic E-state index is 0.0940. The van der Waals surface area contributed by atoms with Crippen LogP contribution in [0.4, 0.5) is 4.79 Å². The van der Waals surface area contributed by atoms with Gasteiger partial charge < -0.3 is 15.7 Å². The number of carboxylic acid groups (broad SMARTS) is 1. The molecule has 0 bridgehead atoms. The number of likely N-dealkylation sites (tertiary alicyclic amines) is 1. The van der Waals surface area contributed by atoms with Gasteiger partial charge in [-0.25, -0.2) is 4.79 Å². The third-order valence-electron chi connectivity index (χ3n) is 2.86. The molecular formula is C11H14N2O2. The quantitative estimate of drug-likeness (QED) is 0.722. The molecule has 1 aliphatic rings. The van der Waals surface area contributed by atoms with Crippen LogP contribution in [-0.4, -0.2) is 35.2 Å². The molecule has 1 amide bonds. The smallest absolute Gasteiger partial charge is 0.407 e. The third-order valence-corrected chi connectivity index (χ3v) is 2.86. The molecule has 1 aromatic carbocycles. The van der Waals surface area contributed by atoms with Gasteiger partial charge in [-0.05, 0) is 5.56 Å². The topological polar surface area (TPSA) is 66.6 Å². The highest BCUT2D eigenvalue weighted by Crippen LogP contribution is 2.25. The molecule has 1 aliphatic heterocycles. The van der Waals surface area contributed by atoms with Crippen molar-refractivity contribution in [1.82, 2.24) is 4.90 Å². The SMILES string of the molecule is N[C@H]1CN(C(=O)O)C[C@@H]1c1ccccc1. The van der Waals surface area contributed by atoms with Crippen LogP contribution in [0.15, 0.2) is 30.3 Å². The molecule has 15 heavy (non-hydrogen) atoms. The summed E-state index contributed by atoms with van der Waals surface area (Å²) in [5, 5.41) is 8.87. The standard InChI is InChI=1S/C11H14N2O2/c12-10-7-13(11(14)15)6-9(10)8-4-2-1-3-5-8/h1-5,9-10H,6-7,12H2,(H,14,15)/t9-,10+/m1/s1. The van der Waals surface area contributed by atoms with Crippen molar-refractivity contribution in [3.63, 3.8) is 0 Å². The van der Waals surface area contributed by atoms with Gasteiger partial charge in [-0.1, -0.05) is 30.3 Å². The van der Waals surface area contributed by atoms with Crippen molar-refractivity contribution in [2.75, 3.05) is 13.1 Å². The summed E-state index contributed by atoms with van der Waals surface area (Å²) in [4.78, 5) is 12.2. The highest BCUT2D eigenvalue weighted by Gasteiger charge is 2.33. The monoisotopic (exact) mass is 206 g/mol. The van der Waals surface area contributed by atoms with Crippen LogP contribution in [0.25, 0.3) is 0 Å². The average Bonchev–Trinajstić information content (AvgIpc) is 2.62. The summed E-state index contributed by atoms with van der Waals surface area (Å²) in [6.07, 6.45) is -0.885. The lowest BCUT2D eigenvalue weighted by atomic mass is 9.95. The number of hydrogen-bond acceptors (Lipinski definition) is 2. The van der Waals surface area contributed by atoms with Crippen LogP contribution in [0.2, 0.25) is 0 Å². The lowest BCUT2D eigenvalue weighted by Crippen LogP contribution is -2.31. The lowest BCUT2D eigenvalue weighted by Gasteiger charge is -2.13. The van der Waals surface area contributed by atoms with Crippen LogP contribution < -0.4 is 5.73 Å². The Morgan fingerprint density at radius 2 is 2.00 bits per heavy atom. The molecule has 3 N–H and O–H groups in total. The zero-order valence-electron chi connectivity index (χ0n) is 8.34. The Bertz CT molecular complexity index is 353. The predicted octanol–water partition coefficient (Wildman–Crippen LogP) is 1.09. The van der Waals surface area contributed by atoms with Crippen molar-refractivity contribution in [3.05, 3.63) is 35.9 Å². The van der Waals surface area contributed by atoms with Gasteiger partial charge in [-0.3, -0.25) is 0 Å². The number of hydrogen-bond donors (Lipinski definition) is 2. The van der Waals surface area contributed by atoms with Gasteiger partial charge in [0.2, 0.25) is 0 Å². The molecule has 80 valence electrons. The molecule has 0 aromatic heterocycles. The van der Waals surface area contributed by atoms with Crippen molar-refractivity contribution in [3.8, 4) is 0 Å². The molecule has 4 nitrogen and oxygen atoms in total. The predicted molar refractivity (Wildman–Crippen MR) is 56.8 cm³/mol. The van der Waals surface area contributed by atoms with Crippen LogP contribution in [0.3, 0.4) is 0 Å². The molecular weight excluding hydrogens is 192 g/mol. The first kappa shape index (κ1) is 9.98. The summed E-state index contributed by atoms with van der Waals surface area (Å²) in [7, 11) is 0. The molecule has 0 aliphatic carbocycles. The Labute approximate surface area is 88.3 Å². The van der Waals surface area contributed by atoms with Gasteiger partial charge in [0.1, 0.15) is 0 Å². The number of nitrogens with two attached hydrogens (primary N) is 1. The van der Waals surface area contributed by atoms with Gasteiger partial charge in [0.15, 0.2) is 0 Å². The van der Waals surface area contributed by atoms with Crippen LogP contribution in [0.5, 0.6) is 0 Å². The molecule has 0 saturated carbocycles. The van der Waals surface area contributed by atoms with Crippen LogP contribution >= 0.6 is 0 Å². The molecule has 1 aromatic rings. The highest BCUT2D eigenvalue weighted by molar-refractivity contribution is 5.65. The number of rotatable bonds is 1. The maximum absolute atomic E-state index is 10.8. The zero-order chi connectivity index (χ0) is 10.8. The van der Waals surface area contributed by atoms with E-state index in [-0.39, 0.29) is 12.0 Å². The molecule has 2 atom stereocenters. The first-order valence-corrected chi connectivity index (χ1v) is 4.97. The summed E-state index contributed by atoms with van der Waals surface area (Å²) in [6.45, 7) is 0.926. The van der Waals surface area contributed by atoms with E-state index in [1.807, 2.05) is 30.3 Å². The van der Waals surface area contributed by atoms with Crippen molar-refractivity contribution >= 4 is 6.09 Å². The molecule has 0 unspecified atom stereocenters. The number of nitrogens with zero attached hydrogens (tertiary/aromatic N) is 1. The first-order chi connectivity index (χ1) is 7.18. The number of amides is 1. The maximum atomic E-state index is 10.8. The zero-order valence-corrected chi connectivity index (χ0v) is 8.34. The lowest BCUT2D eigenvalue weighted by molar-refractivity contribution is 0.154. The minimum Gasteiger partial charge on any atom is -0.465 e. The van der Waals surface area contributed by atoms with E-state index in [0.717, 1.165) is 5.56 Å². The summed E-state index contributed by atoms with van der Waals surface area (Å²) < 4.78 is 0. The van der Waals surface area contributed by atoms with Gasteiger partial charge in [-0.15, -0.1) is 0 Å². The van der Waals surface area contributed by atoms with E-state index in [1.54, 1.807) is 0 Å². The Kier molecular flexibility index (Phi) is 2.60. The third kappa shape index (κ3) is 1.94. The fourth-order valence-corrected chi connectivity index (χ4v) is 2.04. The van der Waals surface area contributed by atoms with Crippen LogP contribution in [-0.2, 0) is 0 Å². The fourth-order valence-electron chi connectivity index (χ4n) is 2.04. The average molecular weight is 206 g/mol. The van der Waals surface area contributed by atoms with E-state index in [9.17, 15) is 4.79 Å². The van der Waals surface area contributed by atoms with Crippen molar-refractivity contribution in [1.29, 1.82) is 0 Å². The van der Waals surface area contributed by atoms with Crippen molar-refractivity contribution < 1.29 is 9.90 Å². The number of benzene rings is 1. The molecule has 0 spiro atoms. The second kappa shape index (κ2) is 3.90. The second-order valence-electron chi connectivity index (χ2n) is 3.87. The van der Waals surface area contributed by atoms with Gasteiger partial charge in [0, 0.05) is 25.0 Å². The van der Waals surface area contributed by atoms with Crippen molar-refractivity contribution in [2.45, 2.75) is 12.0 Å². The van der Waals surface area contributed by atoms with E-state index >= 15 is 0 Å². The van der Waals surface area contributed by atoms with E-state index in [0.29, 0.717) is 13.1 Å². The van der Waals surface area contributed by atoms with Gasteiger partial charge in [-0.2, -0.15) is 0 Å². The summed E-state index contributed by atoms with van der Waals surface area (Å²) in [5.74, 6) is 0.127. The molecule has 0 radical (unpaired) electrons. The highest BCUT2D eigenvalue weighted by atomic mass is 16.4. The van der Waals surface area contributed by atoms with Gasteiger partial charge in [0.05, 0.1) is 0 Å². The Hall–Kier alpha value is -1.55. The fraction of sp³-hybridized carbons (Fsp3) is 0.364. The van der Waals surface area contributed by atoms with Gasteiger partial charge >= 0.3 is 6.09 Å². The Morgan fingerprint density at radius 3 is 2.53 bits per heavy atom. The maximum Gasteiger partial charge on any atom is 0.407 e. The second-order valence-corrected chi connectivity index (χ2v) is 3.87. The molecule has 1 heterocycles. The normalized spacial score (nSPS) is 25.5. The summed E-state index contributed by atoms with van der Waals surface area (Å²) in [5.41, 5.74) is 7.05. The van der Waals surface area contributed by atoms with Crippen LogP contribution in [0.1, 0.15) is 11.5 Å². The Morgan fingerprint density at radius 1 is 1.33 bits per heavy atom. The molecule has 1 saturated heterocycles. The van der Waals surface area contributed by atoms with E-state index < -0.39 is 6.09 Å².